The monoisotopic (exact) mass is 585 g/mol. The summed E-state index contributed by atoms with van der Waals surface area (Å²) in [6.45, 7) is 4.29. The molecule has 4 N–H and O–H groups in total. The second kappa shape index (κ2) is 11.0. The van der Waals surface area contributed by atoms with E-state index in [0.29, 0.717) is 38.4 Å². The largest absolute Gasteiger partial charge is 0.507 e. The number of esters is 1. The standard InChI is InChI=1S/C29H35N3O10/c1-13-14-5-4-6-15(33)18(14)23(35)19-17(13)25(42-16(34)7-8-32-9-11-41-12-10-32)21-22(31(2)3)24(36)20(28(30)39)27(38)29(21,40)26(19)37/h4-6,13,17,19-22,25,33,40H,7-12H2,1-3H3,(H2,30,39)/t13-,17+,19?,20?,21+,22-,25-,29-/m1/s1. The number of ketones is 4. The molecule has 42 heavy (non-hydrogen) atoms. The van der Waals surface area contributed by atoms with Crippen LogP contribution in [0.2, 0.25) is 0 Å². The number of nitrogens with zero attached hydrogens (tertiary/aromatic N) is 2. The van der Waals surface area contributed by atoms with Crippen molar-refractivity contribution in [3.8, 4) is 5.75 Å². The van der Waals surface area contributed by atoms with Gasteiger partial charge in [-0.1, -0.05) is 19.1 Å². The molecule has 3 fully saturated rings. The van der Waals surface area contributed by atoms with Crippen molar-refractivity contribution in [2.24, 2.45) is 29.4 Å². The number of hydrogen-bond donors (Lipinski definition) is 3. The first kappa shape index (κ1) is 30.0. The van der Waals surface area contributed by atoms with Crippen LogP contribution < -0.4 is 5.73 Å². The number of Topliss-reactive ketones (excluding diaryl/α,β-unsaturated/α-hetero) is 4. The highest BCUT2D eigenvalue weighted by atomic mass is 16.5. The lowest BCUT2D eigenvalue weighted by molar-refractivity contribution is -0.205. The smallest absolute Gasteiger partial charge is 0.307 e. The van der Waals surface area contributed by atoms with Gasteiger partial charge in [0.2, 0.25) is 5.91 Å². The minimum atomic E-state index is -3.05. The zero-order valence-corrected chi connectivity index (χ0v) is 23.6. The van der Waals surface area contributed by atoms with Gasteiger partial charge in [-0.05, 0) is 31.6 Å². The number of morpholine rings is 1. The summed E-state index contributed by atoms with van der Waals surface area (Å²) >= 11 is 0. The van der Waals surface area contributed by atoms with Gasteiger partial charge in [-0.15, -0.1) is 0 Å². The fraction of sp³-hybridized carbons (Fsp3) is 0.586. The molecule has 0 aromatic heterocycles. The lowest BCUT2D eigenvalue weighted by Gasteiger charge is -2.56. The Morgan fingerprint density at radius 3 is 2.43 bits per heavy atom. The summed E-state index contributed by atoms with van der Waals surface area (Å²) in [5.74, 6) is -14.1. The Bertz CT molecular complexity index is 1350. The Balaban J connectivity index is 1.64. The number of amides is 1. The van der Waals surface area contributed by atoms with Crippen molar-refractivity contribution in [2.45, 2.75) is 37.0 Å². The molecular weight excluding hydrogens is 550 g/mol. The summed E-state index contributed by atoms with van der Waals surface area (Å²) in [4.78, 5) is 84.4. The van der Waals surface area contributed by atoms with Crippen molar-refractivity contribution in [3.63, 3.8) is 0 Å². The van der Waals surface area contributed by atoms with Crippen molar-refractivity contribution < 1.29 is 48.5 Å². The van der Waals surface area contributed by atoms with E-state index in [4.69, 9.17) is 15.2 Å². The Morgan fingerprint density at radius 1 is 1.14 bits per heavy atom. The van der Waals surface area contributed by atoms with Gasteiger partial charge in [-0.2, -0.15) is 0 Å². The third kappa shape index (κ3) is 4.46. The molecule has 0 spiro atoms. The number of carbonyl (C=O) groups is 6. The molecule has 0 bridgehead atoms. The molecule has 2 unspecified atom stereocenters. The fourth-order valence-electron chi connectivity index (χ4n) is 7.35. The van der Waals surface area contributed by atoms with E-state index >= 15 is 0 Å². The van der Waals surface area contributed by atoms with Gasteiger partial charge in [0.25, 0.3) is 0 Å². The molecule has 3 aliphatic carbocycles. The fourth-order valence-corrected chi connectivity index (χ4v) is 7.35. The van der Waals surface area contributed by atoms with E-state index in [-0.39, 0.29) is 17.7 Å². The van der Waals surface area contributed by atoms with Gasteiger partial charge in [0, 0.05) is 25.6 Å². The number of likely N-dealkylation sites (N-methyl/N-ethyl adjacent to an activating group) is 1. The lowest BCUT2D eigenvalue weighted by atomic mass is 9.49. The van der Waals surface area contributed by atoms with Crippen LogP contribution in [-0.4, -0.2) is 120 Å². The summed E-state index contributed by atoms with van der Waals surface area (Å²) < 4.78 is 11.3. The van der Waals surface area contributed by atoms with E-state index in [9.17, 15) is 39.0 Å². The first-order valence-electron chi connectivity index (χ1n) is 14.0. The predicted octanol–water partition coefficient (Wildman–Crippen LogP) is -1.33. The van der Waals surface area contributed by atoms with Crippen LogP contribution in [0.4, 0.5) is 0 Å². The molecule has 13 heteroatoms. The quantitative estimate of drug-likeness (QED) is 0.263. The van der Waals surface area contributed by atoms with Crippen molar-refractivity contribution in [3.05, 3.63) is 29.3 Å². The third-order valence-corrected chi connectivity index (χ3v) is 9.33. The molecule has 1 saturated heterocycles. The van der Waals surface area contributed by atoms with Crippen LogP contribution in [0.3, 0.4) is 0 Å². The molecule has 1 aliphatic heterocycles. The molecular formula is C29H35N3O10. The van der Waals surface area contributed by atoms with E-state index in [1.165, 1.54) is 31.1 Å². The van der Waals surface area contributed by atoms with Crippen molar-refractivity contribution in [1.29, 1.82) is 0 Å². The highest BCUT2D eigenvalue weighted by Gasteiger charge is 2.74. The van der Waals surface area contributed by atoms with E-state index in [1.54, 1.807) is 13.0 Å². The SMILES string of the molecule is C[C@@H]1c2cccc(O)c2C(=O)C2C(=O)[C@@]3(O)C(=O)C(C(N)=O)C(=O)[C@H](N(C)C)[C@H]3[C@H](OC(=O)CCN3CCOCC3)[C@H]21. The minimum Gasteiger partial charge on any atom is -0.507 e. The minimum absolute atomic E-state index is 0.0783. The Kier molecular flexibility index (Phi) is 7.81. The molecule has 4 aliphatic rings. The molecule has 1 aromatic carbocycles. The van der Waals surface area contributed by atoms with Crippen LogP contribution in [0, 0.1) is 23.7 Å². The van der Waals surface area contributed by atoms with Gasteiger partial charge in [0.05, 0.1) is 43.1 Å². The molecule has 0 radical (unpaired) electrons. The summed E-state index contributed by atoms with van der Waals surface area (Å²) in [5, 5.41) is 22.6. The number of primary amides is 1. The molecule has 5 rings (SSSR count). The molecule has 226 valence electrons. The van der Waals surface area contributed by atoms with Crippen molar-refractivity contribution in [1.82, 2.24) is 9.80 Å². The highest BCUT2D eigenvalue weighted by Crippen LogP contribution is 2.55. The number of phenolic OH excluding ortho intramolecular Hbond substituents is 1. The van der Waals surface area contributed by atoms with Crippen LogP contribution in [0.5, 0.6) is 5.75 Å². The summed E-state index contributed by atoms with van der Waals surface area (Å²) in [6, 6.07) is 3.00. The average Bonchev–Trinajstić information content (AvgIpc) is 2.93. The first-order valence-corrected chi connectivity index (χ1v) is 14.0. The van der Waals surface area contributed by atoms with E-state index in [2.05, 4.69) is 0 Å². The highest BCUT2D eigenvalue weighted by molar-refractivity contribution is 6.32. The van der Waals surface area contributed by atoms with Crippen LogP contribution >= 0.6 is 0 Å². The Hall–Kier alpha value is -3.52. The van der Waals surface area contributed by atoms with Crippen LogP contribution in [0.1, 0.15) is 35.2 Å². The van der Waals surface area contributed by atoms with E-state index in [0.717, 1.165) is 0 Å². The first-order chi connectivity index (χ1) is 19.8. The summed E-state index contributed by atoms with van der Waals surface area (Å²) in [7, 11) is 2.93. The van der Waals surface area contributed by atoms with E-state index < -0.39 is 82.3 Å². The number of rotatable bonds is 6. The summed E-state index contributed by atoms with van der Waals surface area (Å²) in [6.07, 6.45) is -1.54. The van der Waals surface area contributed by atoms with Gasteiger partial charge in [-0.3, -0.25) is 38.6 Å². The van der Waals surface area contributed by atoms with Gasteiger partial charge in [0.15, 0.2) is 34.7 Å². The zero-order valence-electron chi connectivity index (χ0n) is 23.6. The second-order valence-corrected chi connectivity index (χ2v) is 11.8. The molecule has 1 aromatic rings. The number of nitrogens with two attached hydrogens (primary N) is 1. The zero-order chi connectivity index (χ0) is 30.7. The maximum absolute atomic E-state index is 14.2. The second-order valence-electron chi connectivity index (χ2n) is 11.8. The van der Waals surface area contributed by atoms with Gasteiger partial charge in [-0.25, -0.2) is 0 Å². The molecule has 1 amide bonds. The molecule has 13 nitrogen and oxygen atoms in total. The van der Waals surface area contributed by atoms with Crippen molar-refractivity contribution >= 4 is 35.0 Å². The molecule has 8 atom stereocenters. The lowest BCUT2D eigenvalue weighted by Crippen LogP contribution is -2.78. The van der Waals surface area contributed by atoms with Gasteiger partial charge >= 0.3 is 5.97 Å². The number of ether oxygens (including phenoxy) is 2. The number of hydrogen-bond acceptors (Lipinski definition) is 12. The number of benzene rings is 1. The normalized spacial score (nSPS) is 34.9. The Labute approximate surface area is 241 Å². The topological polar surface area (TPSA) is 194 Å². The number of carbonyl (C=O) groups excluding carboxylic acids is 6. The van der Waals surface area contributed by atoms with E-state index in [1.807, 2.05) is 4.90 Å². The summed E-state index contributed by atoms with van der Waals surface area (Å²) in [5.41, 5.74) is 2.63. The van der Waals surface area contributed by atoms with Crippen LogP contribution in [0.25, 0.3) is 0 Å². The molecule has 2 saturated carbocycles. The maximum atomic E-state index is 14.2. The Morgan fingerprint density at radius 2 is 1.81 bits per heavy atom. The predicted molar refractivity (Wildman–Crippen MR) is 143 cm³/mol. The number of aromatic hydroxyl groups is 1. The van der Waals surface area contributed by atoms with Crippen molar-refractivity contribution in [2.75, 3.05) is 46.9 Å². The van der Waals surface area contributed by atoms with Crippen LogP contribution in [0.15, 0.2) is 18.2 Å². The van der Waals surface area contributed by atoms with Crippen LogP contribution in [-0.2, 0) is 33.4 Å². The number of aliphatic hydroxyl groups is 1. The van der Waals surface area contributed by atoms with Gasteiger partial charge < -0.3 is 25.4 Å². The number of fused-ring (bicyclic) bond motifs is 3. The number of phenols is 1. The average molecular weight is 586 g/mol. The van der Waals surface area contributed by atoms with Gasteiger partial charge in [0.1, 0.15) is 11.9 Å². The third-order valence-electron chi connectivity index (χ3n) is 9.33. The maximum Gasteiger partial charge on any atom is 0.307 e. The molecule has 1 heterocycles.